The summed E-state index contributed by atoms with van der Waals surface area (Å²) in [5.41, 5.74) is 4.94. The van der Waals surface area contributed by atoms with Crippen molar-refractivity contribution in [2.75, 3.05) is 39.3 Å². The number of hydrogen-bond acceptors (Lipinski definition) is 5. The number of benzene rings is 3. The van der Waals surface area contributed by atoms with Crippen LogP contribution in [0.25, 0.3) is 16.6 Å². The van der Waals surface area contributed by atoms with Gasteiger partial charge in [0, 0.05) is 61.6 Å². The van der Waals surface area contributed by atoms with Gasteiger partial charge in [0.15, 0.2) is 5.78 Å². The van der Waals surface area contributed by atoms with Gasteiger partial charge in [-0.3, -0.25) is 14.6 Å². The van der Waals surface area contributed by atoms with Gasteiger partial charge in [-0.15, -0.1) is 12.4 Å². The van der Waals surface area contributed by atoms with Gasteiger partial charge < -0.3 is 14.4 Å². The molecule has 1 aliphatic rings. The largest absolute Gasteiger partial charge is 0.491 e. The molecular formula is C31H36ClN3O3. The first-order chi connectivity index (χ1) is 18.0. The summed E-state index contributed by atoms with van der Waals surface area (Å²) in [7, 11) is 0. The quantitative estimate of drug-likeness (QED) is 0.303. The van der Waals surface area contributed by atoms with E-state index in [0.29, 0.717) is 17.9 Å². The fourth-order valence-electron chi connectivity index (χ4n) is 5.36. The highest BCUT2D eigenvalue weighted by Gasteiger charge is 2.21. The molecule has 200 valence electrons. The molecule has 0 saturated carbocycles. The Morgan fingerprint density at radius 1 is 0.921 bits per heavy atom. The van der Waals surface area contributed by atoms with Gasteiger partial charge in [-0.1, -0.05) is 48.5 Å². The number of nitrogens with zero attached hydrogens (tertiary/aromatic N) is 3. The molecule has 1 aliphatic heterocycles. The van der Waals surface area contributed by atoms with Crippen molar-refractivity contribution in [3.8, 4) is 11.4 Å². The van der Waals surface area contributed by atoms with Gasteiger partial charge in [0.1, 0.15) is 18.5 Å². The first-order valence-electron chi connectivity index (χ1n) is 13.0. The number of hydrogen-bond donors (Lipinski definition) is 1. The standard InChI is InChI=1S/C31H35N3O3.ClH/c1-23-31(24(2)35)29-19-28(13-14-30(29)34(23)26-11-7-4-8-12-26)37-22-27(36)21-33-17-15-32(16-18-33)20-25-9-5-3-6-10-25;/h3-14,19,27,36H,15-18,20-22H2,1-2H3;1H. The number of ether oxygens (including phenoxy) is 1. The van der Waals surface area contributed by atoms with Gasteiger partial charge in [0.2, 0.25) is 0 Å². The van der Waals surface area contributed by atoms with Gasteiger partial charge >= 0.3 is 0 Å². The second-order valence-corrected chi connectivity index (χ2v) is 9.89. The second-order valence-electron chi connectivity index (χ2n) is 9.89. The molecule has 1 saturated heterocycles. The van der Waals surface area contributed by atoms with Crippen molar-refractivity contribution in [1.82, 2.24) is 14.4 Å². The Morgan fingerprint density at radius 3 is 2.21 bits per heavy atom. The molecule has 2 heterocycles. The number of para-hydroxylation sites is 1. The minimum atomic E-state index is -0.584. The predicted octanol–water partition coefficient (Wildman–Crippen LogP) is 5.12. The van der Waals surface area contributed by atoms with Gasteiger partial charge in [-0.05, 0) is 49.7 Å². The Bertz CT molecular complexity index is 1350. The molecule has 4 aromatic rings. The van der Waals surface area contributed by atoms with E-state index in [2.05, 4.69) is 38.6 Å². The molecular weight excluding hydrogens is 498 g/mol. The van der Waals surface area contributed by atoms with Crippen molar-refractivity contribution >= 4 is 29.1 Å². The number of aliphatic hydroxyl groups is 1. The maximum absolute atomic E-state index is 12.5. The highest BCUT2D eigenvalue weighted by atomic mass is 35.5. The van der Waals surface area contributed by atoms with E-state index in [4.69, 9.17) is 4.74 Å². The molecule has 1 N–H and O–H groups in total. The zero-order valence-corrected chi connectivity index (χ0v) is 22.9. The lowest BCUT2D eigenvalue weighted by atomic mass is 10.1. The third-order valence-electron chi connectivity index (χ3n) is 7.17. The molecule has 0 bridgehead atoms. The van der Waals surface area contributed by atoms with Crippen molar-refractivity contribution in [3.63, 3.8) is 0 Å². The summed E-state index contributed by atoms with van der Waals surface area (Å²) in [4.78, 5) is 17.3. The van der Waals surface area contributed by atoms with Crippen LogP contribution in [-0.4, -0.2) is 70.7 Å². The van der Waals surface area contributed by atoms with Crippen LogP contribution in [0.15, 0.2) is 78.9 Å². The fourth-order valence-corrected chi connectivity index (χ4v) is 5.36. The Kier molecular flexibility index (Phi) is 9.23. The van der Waals surface area contributed by atoms with E-state index in [9.17, 15) is 9.90 Å². The van der Waals surface area contributed by atoms with Crippen LogP contribution in [0.2, 0.25) is 0 Å². The molecule has 0 aliphatic carbocycles. The smallest absolute Gasteiger partial charge is 0.162 e. The van der Waals surface area contributed by atoms with Gasteiger partial charge in [0.25, 0.3) is 0 Å². The maximum Gasteiger partial charge on any atom is 0.162 e. The van der Waals surface area contributed by atoms with Gasteiger partial charge in [-0.2, -0.15) is 0 Å². The monoisotopic (exact) mass is 533 g/mol. The van der Waals surface area contributed by atoms with E-state index < -0.39 is 6.10 Å². The minimum Gasteiger partial charge on any atom is -0.491 e. The van der Waals surface area contributed by atoms with E-state index in [1.165, 1.54) is 5.56 Å². The predicted molar refractivity (Wildman–Crippen MR) is 155 cm³/mol. The summed E-state index contributed by atoms with van der Waals surface area (Å²) in [6, 6.07) is 26.4. The van der Waals surface area contributed by atoms with E-state index in [-0.39, 0.29) is 24.8 Å². The van der Waals surface area contributed by atoms with Crippen molar-refractivity contribution in [2.24, 2.45) is 0 Å². The Labute approximate surface area is 230 Å². The number of carbonyl (C=O) groups excluding carboxylic acids is 1. The molecule has 1 aromatic heterocycles. The van der Waals surface area contributed by atoms with E-state index >= 15 is 0 Å². The average Bonchev–Trinajstić information content (AvgIpc) is 3.21. The summed E-state index contributed by atoms with van der Waals surface area (Å²) in [5, 5.41) is 11.5. The van der Waals surface area contributed by atoms with E-state index in [1.807, 2.05) is 61.5 Å². The SMILES string of the molecule is CC(=O)c1c(C)n(-c2ccccc2)c2ccc(OCC(O)CN3CCN(Cc4ccccc4)CC3)cc12.Cl. The lowest BCUT2D eigenvalue weighted by Crippen LogP contribution is -2.48. The number of rotatable bonds is 9. The molecule has 3 aromatic carbocycles. The van der Waals surface area contributed by atoms with Crippen LogP contribution in [0.5, 0.6) is 5.75 Å². The molecule has 0 radical (unpaired) electrons. The van der Waals surface area contributed by atoms with Crippen LogP contribution in [0.1, 0.15) is 28.5 Å². The fraction of sp³-hybridized carbons (Fsp3) is 0.323. The Morgan fingerprint density at radius 2 is 1.55 bits per heavy atom. The van der Waals surface area contributed by atoms with Crippen molar-refractivity contribution < 1.29 is 14.6 Å². The summed E-state index contributed by atoms with van der Waals surface area (Å²) in [5.74, 6) is 0.688. The number of aromatic nitrogens is 1. The van der Waals surface area contributed by atoms with Crippen molar-refractivity contribution in [1.29, 1.82) is 0 Å². The molecule has 0 amide bonds. The lowest BCUT2D eigenvalue weighted by molar-refractivity contribution is 0.0446. The summed E-state index contributed by atoms with van der Waals surface area (Å²) in [6.45, 7) is 9.20. The third kappa shape index (κ3) is 6.27. The van der Waals surface area contributed by atoms with Crippen molar-refractivity contribution in [3.05, 3.63) is 95.7 Å². The van der Waals surface area contributed by atoms with Crippen LogP contribution in [0, 0.1) is 6.92 Å². The number of fused-ring (bicyclic) bond motifs is 1. The average molecular weight is 534 g/mol. The second kappa shape index (κ2) is 12.6. The van der Waals surface area contributed by atoms with Crippen LogP contribution in [-0.2, 0) is 6.54 Å². The van der Waals surface area contributed by atoms with Gasteiger partial charge in [-0.25, -0.2) is 0 Å². The Balaban J connectivity index is 0.00000336. The van der Waals surface area contributed by atoms with Crippen LogP contribution < -0.4 is 4.74 Å². The zero-order valence-electron chi connectivity index (χ0n) is 22.0. The maximum atomic E-state index is 12.5. The minimum absolute atomic E-state index is 0. The van der Waals surface area contributed by atoms with E-state index in [1.54, 1.807) is 6.92 Å². The topological polar surface area (TPSA) is 57.9 Å². The van der Waals surface area contributed by atoms with Crippen molar-refractivity contribution in [2.45, 2.75) is 26.5 Å². The molecule has 1 atom stereocenters. The van der Waals surface area contributed by atoms with Crippen LogP contribution >= 0.6 is 12.4 Å². The highest BCUT2D eigenvalue weighted by molar-refractivity contribution is 6.09. The van der Waals surface area contributed by atoms with E-state index in [0.717, 1.165) is 55.0 Å². The molecule has 0 spiro atoms. The molecule has 38 heavy (non-hydrogen) atoms. The molecule has 1 fully saturated rings. The lowest BCUT2D eigenvalue weighted by Gasteiger charge is -2.35. The highest BCUT2D eigenvalue weighted by Crippen LogP contribution is 2.32. The number of Topliss-reactive ketones (excluding diaryl/α,β-unsaturated/α-hetero) is 1. The van der Waals surface area contributed by atoms with Crippen LogP contribution in [0.4, 0.5) is 0 Å². The van der Waals surface area contributed by atoms with Crippen LogP contribution in [0.3, 0.4) is 0 Å². The molecule has 6 nitrogen and oxygen atoms in total. The number of piperazine rings is 1. The Hall–Kier alpha value is -3.16. The summed E-state index contributed by atoms with van der Waals surface area (Å²) < 4.78 is 8.11. The first-order valence-corrected chi connectivity index (χ1v) is 13.0. The molecule has 7 heteroatoms. The summed E-state index contributed by atoms with van der Waals surface area (Å²) >= 11 is 0. The summed E-state index contributed by atoms with van der Waals surface area (Å²) in [6.07, 6.45) is -0.584. The number of β-amino-alcohol motifs (C(OH)–C–C–N with tert-alkyl or cyclic N) is 1. The zero-order chi connectivity index (χ0) is 25.8. The molecule has 1 unspecified atom stereocenters. The number of halogens is 1. The number of aliphatic hydroxyl groups excluding tert-OH is 1. The third-order valence-corrected chi connectivity index (χ3v) is 7.17. The molecule has 5 rings (SSSR count). The van der Waals surface area contributed by atoms with Gasteiger partial charge in [0.05, 0.1) is 5.52 Å². The number of carbonyl (C=O) groups is 1. The normalized spacial score (nSPS) is 15.2. The first kappa shape index (κ1) is 27.9. The number of ketones is 1.